The number of benzene rings is 2. The van der Waals surface area contributed by atoms with E-state index in [1.807, 2.05) is 6.92 Å². The minimum Gasteiger partial charge on any atom is -0.351 e. The van der Waals surface area contributed by atoms with E-state index in [0.717, 1.165) is 28.1 Å². The fraction of sp³-hybridized carbons (Fsp3) is 0.235. The highest BCUT2D eigenvalue weighted by Gasteiger charge is 2.20. The molecular weight excluding hydrogens is 350 g/mol. The molecule has 134 valence electrons. The van der Waals surface area contributed by atoms with E-state index in [9.17, 15) is 22.0 Å². The molecule has 0 aromatic heterocycles. The molecule has 0 aliphatic heterocycles. The Bertz CT molecular complexity index is 868. The second-order valence-corrected chi connectivity index (χ2v) is 7.57. The van der Waals surface area contributed by atoms with Crippen LogP contribution in [-0.4, -0.2) is 38.8 Å². The molecule has 0 atom stereocenters. The van der Waals surface area contributed by atoms with Gasteiger partial charge in [-0.1, -0.05) is 17.7 Å². The Kier molecular flexibility index (Phi) is 5.86. The summed E-state index contributed by atoms with van der Waals surface area (Å²) in [6.07, 6.45) is 0. The molecule has 25 heavy (non-hydrogen) atoms. The van der Waals surface area contributed by atoms with Crippen molar-refractivity contribution in [3.8, 4) is 0 Å². The first-order valence-electron chi connectivity index (χ1n) is 7.48. The van der Waals surface area contributed by atoms with Gasteiger partial charge in [-0.05, 0) is 37.3 Å². The first-order valence-corrected chi connectivity index (χ1v) is 8.92. The lowest BCUT2D eigenvalue weighted by atomic mass is 10.2. The second-order valence-electron chi connectivity index (χ2n) is 5.52. The first kappa shape index (κ1) is 19.0. The summed E-state index contributed by atoms with van der Waals surface area (Å²) in [5, 5.41) is 2.48. The molecule has 0 saturated carbocycles. The van der Waals surface area contributed by atoms with Gasteiger partial charge in [0.05, 0.1) is 4.90 Å². The molecule has 0 unspecified atom stereocenters. The van der Waals surface area contributed by atoms with E-state index in [4.69, 9.17) is 0 Å². The van der Waals surface area contributed by atoms with E-state index in [-0.39, 0.29) is 23.5 Å². The summed E-state index contributed by atoms with van der Waals surface area (Å²) in [6.45, 7) is 1.92. The Morgan fingerprint density at radius 2 is 1.72 bits per heavy atom. The number of aryl methyl sites for hydroxylation is 1. The predicted octanol–water partition coefficient (Wildman–Crippen LogP) is 2.32. The lowest BCUT2D eigenvalue weighted by molar-refractivity contribution is 0.0951. The standard InChI is InChI=1S/C17H18F2N2O3S/c1-12-3-6-14(7-4-12)25(23,24)21(2)10-9-20-17(22)13-5-8-15(18)16(19)11-13/h3-8,11H,9-10H2,1-2H3,(H,20,22). The highest BCUT2D eigenvalue weighted by atomic mass is 32.2. The maximum atomic E-state index is 13.1. The van der Waals surface area contributed by atoms with Gasteiger partial charge in [0.2, 0.25) is 10.0 Å². The number of hydrogen-bond donors (Lipinski definition) is 1. The summed E-state index contributed by atoms with van der Waals surface area (Å²) in [5.74, 6) is -2.77. The van der Waals surface area contributed by atoms with Crippen molar-refractivity contribution >= 4 is 15.9 Å². The molecular formula is C17H18F2N2O3S. The largest absolute Gasteiger partial charge is 0.351 e. The van der Waals surface area contributed by atoms with E-state index in [0.29, 0.717) is 0 Å². The average Bonchev–Trinajstić information content (AvgIpc) is 2.57. The fourth-order valence-corrected chi connectivity index (χ4v) is 3.25. The molecule has 0 heterocycles. The topological polar surface area (TPSA) is 66.5 Å². The molecule has 5 nitrogen and oxygen atoms in total. The lowest BCUT2D eigenvalue weighted by Crippen LogP contribution is -2.36. The van der Waals surface area contributed by atoms with E-state index in [1.165, 1.54) is 19.2 Å². The van der Waals surface area contributed by atoms with Gasteiger partial charge in [-0.25, -0.2) is 17.2 Å². The van der Waals surface area contributed by atoms with Crippen LogP contribution in [0.25, 0.3) is 0 Å². The summed E-state index contributed by atoms with van der Waals surface area (Å²) in [5.41, 5.74) is 0.906. The van der Waals surface area contributed by atoms with Gasteiger partial charge in [-0.15, -0.1) is 0 Å². The lowest BCUT2D eigenvalue weighted by Gasteiger charge is -2.17. The van der Waals surface area contributed by atoms with Gasteiger partial charge in [-0.3, -0.25) is 4.79 Å². The first-order chi connectivity index (χ1) is 11.7. The smallest absolute Gasteiger partial charge is 0.251 e. The molecule has 0 saturated heterocycles. The van der Waals surface area contributed by atoms with Crippen LogP contribution in [0.3, 0.4) is 0 Å². The number of sulfonamides is 1. The number of nitrogens with zero attached hydrogens (tertiary/aromatic N) is 1. The van der Waals surface area contributed by atoms with Gasteiger partial charge in [-0.2, -0.15) is 4.31 Å². The van der Waals surface area contributed by atoms with Crippen molar-refractivity contribution < 1.29 is 22.0 Å². The Morgan fingerprint density at radius 1 is 1.08 bits per heavy atom. The summed E-state index contributed by atoms with van der Waals surface area (Å²) in [7, 11) is -2.26. The van der Waals surface area contributed by atoms with Gasteiger partial charge >= 0.3 is 0 Å². The van der Waals surface area contributed by atoms with Crippen molar-refractivity contribution in [2.24, 2.45) is 0 Å². The maximum absolute atomic E-state index is 13.1. The quantitative estimate of drug-likeness (QED) is 0.851. The van der Waals surface area contributed by atoms with Crippen molar-refractivity contribution in [1.82, 2.24) is 9.62 Å². The van der Waals surface area contributed by atoms with Crippen molar-refractivity contribution in [3.05, 3.63) is 65.2 Å². The molecule has 0 aliphatic rings. The van der Waals surface area contributed by atoms with Gasteiger partial charge in [0.15, 0.2) is 11.6 Å². The fourth-order valence-electron chi connectivity index (χ4n) is 2.08. The normalized spacial score (nSPS) is 11.6. The number of likely N-dealkylation sites (N-methyl/N-ethyl adjacent to an activating group) is 1. The molecule has 2 aromatic carbocycles. The Balaban J connectivity index is 1.95. The molecule has 1 amide bonds. The minimum atomic E-state index is -3.66. The van der Waals surface area contributed by atoms with Gasteiger partial charge in [0.25, 0.3) is 5.91 Å². The highest BCUT2D eigenvalue weighted by Crippen LogP contribution is 2.14. The van der Waals surface area contributed by atoms with Crippen molar-refractivity contribution in [2.75, 3.05) is 20.1 Å². The van der Waals surface area contributed by atoms with Crippen LogP contribution < -0.4 is 5.32 Å². The number of carbonyl (C=O) groups excluding carboxylic acids is 1. The zero-order valence-corrected chi connectivity index (χ0v) is 14.6. The minimum absolute atomic E-state index is 0.0272. The van der Waals surface area contributed by atoms with Crippen molar-refractivity contribution in [1.29, 1.82) is 0 Å². The molecule has 1 N–H and O–H groups in total. The van der Waals surface area contributed by atoms with Gasteiger partial charge in [0, 0.05) is 25.7 Å². The van der Waals surface area contributed by atoms with Crippen LogP contribution in [0, 0.1) is 18.6 Å². The third kappa shape index (κ3) is 4.61. The number of carbonyl (C=O) groups is 1. The third-order valence-corrected chi connectivity index (χ3v) is 5.49. The average molecular weight is 368 g/mol. The summed E-state index contributed by atoms with van der Waals surface area (Å²) in [6, 6.07) is 9.23. The third-order valence-electron chi connectivity index (χ3n) is 3.62. The highest BCUT2D eigenvalue weighted by molar-refractivity contribution is 7.89. The molecule has 2 aromatic rings. The molecule has 0 fully saturated rings. The number of rotatable bonds is 6. The van der Waals surface area contributed by atoms with Crippen LogP contribution in [0.15, 0.2) is 47.4 Å². The summed E-state index contributed by atoms with van der Waals surface area (Å²) >= 11 is 0. The molecule has 0 spiro atoms. The van der Waals surface area contributed by atoms with E-state index >= 15 is 0 Å². The zero-order valence-electron chi connectivity index (χ0n) is 13.8. The number of nitrogens with one attached hydrogen (secondary N) is 1. The van der Waals surface area contributed by atoms with Crippen molar-refractivity contribution in [3.63, 3.8) is 0 Å². The van der Waals surface area contributed by atoms with Crippen LogP contribution >= 0.6 is 0 Å². The van der Waals surface area contributed by atoms with Gasteiger partial charge in [0.1, 0.15) is 0 Å². The summed E-state index contributed by atoms with van der Waals surface area (Å²) < 4.78 is 51.9. The Labute approximate surface area is 145 Å². The van der Waals surface area contributed by atoms with E-state index in [1.54, 1.807) is 12.1 Å². The van der Waals surface area contributed by atoms with Crippen LogP contribution in [-0.2, 0) is 10.0 Å². The maximum Gasteiger partial charge on any atom is 0.251 e. The van der Waals surface area contributed by atoms with Crippen molar-refractivity contribution in [2.45, 2.75) is 11.8 Å². The molecule has 0 bridgehead atoms. The van der Waals surface area contributed by atoms with Crippen LogP contribution in [0.5, 0.6) is 0 Å². The van der Waals surface area contributed by atoms with Gasteiger partial charge < -0.3 is 5.32 Å². The number of amides is 1. The molecule has 2 rings (SSSR count). The van der Waals surface area contributed by atoms with E-state index < -0.39 is 27.6 Å². The molecule has 0 aliphatic carbocycles. The SMILES string of the molecule is Cc1ccc(S(=O)(=O)N(C)CCNC(=O)c2ccc(F)c(F)c2)cc1. The molecule has 0 radical (unpaired) electrons. The predicted molar refractivity (Wildman–Crippen MR) is 89.7 cm³/mol. The number of hydrogen-bond acceptors (Lipinski definition) is 3. The second kappa shape index (κ2) is 7.71. The Morgan fingerprint density at radius 3 is 2.32 bits per heavy atom. The van der Waals surface area contributed by atoms with Crippen LogP contribution in [0.1, 0.15) is 15.9 Å². The number of halogens is 2. The summed E-state index contributed by atoms with van der Waals surface area (Å²) in [4.78, 5) is 12.0. The van der Waals surface area contributed by atoms with Crippen LogP contribution in [0.4, 0.5) is 8.78 Å². The zero-order chi connectivity index (χ0) is 18.6. The Hall–Kier alpha value is -2.32. The molecule has 8 heteroatoms. The monoisotopic (exact) mass is 368 g/mol. The van der Waals surface area contributed by atoms with Crippen LogP contribution in [0.2, 0.25) is 0 Å². The van der Waals surface area contributed by atoms with E-state index in [2.05, 4.69) is 5.32 Å².